The van der Waals surface area contributed by atoms with E-state index in [0.29, 0.717) is 17.8 Å². The first-order valence-corrected chi connectivity index (χ1v) is 5.47. The second-order valence-electron chi connectivity index (χ2n) is 4.61. The Morgan fingerprint density at radius 2 is 2.12 bits per heavy atom. The molecule has 1 fully saturated rings. The third kappa shape index (κ3) is 2.14. The largest absolute Gasteiger partial charge is 0.355 e. The summed E-state index contributed by atoms with van der Waals surface area (Å²) in [6.07, 6.45) is 1.28. The lowest BCUT2D eigenvalue weighted by molar-refractivity contribution is 0.266. The molecule has 0 spiro atoms. The van der Waals surface area contributed by atoms with E-state index in [1.165, 1.54) is 12.4 Å². The van der Waals surface area contributed by atoms with Crippen LogP contribution in [0, 0.1) is 11.9 Å². The zero-order valence-corrected chi connectivity index (χ0v) is 9.89. The van der Waals surface area contributed by atoms with Crippen LogP contribution in [-0.2, 0) is 0 Å². The number of likely N-dealkylation sites (N-methyl/N-ethyl adjacent to an activating group) is 1. The predicted molar refractivity (Wildman–Crippen MR) is 60.8 cm³/mol. The Balaban J connectivity index is 2.13. The number of anilines is 1. The van der Waals surface area contributed by atoms with E-state index in [-0.39, 0.29) is 0 Å². The van der Waals surface area contributed by atoms with E-state index in [9.17, 15) is 4.39 Å². The Morgan fingerprint density at radius 3 is 2.69 bits per heavy atom. The van der Waals surface area contributed by atoms with Gasteiger partial charge in [0.25, 0.3) is 0 Å². The first-order valence-electron chi connectivity index (χ1n) is 5.47. The van der Waals surface area contributed by atoms with E-state index in [4.69, 9.17) is 0 Å². The van der Waals surface area contributed by atoms with Crippen molar-refractivity contribution in [3.63, 3.8) is 0 Å². The van der Waals surface area contributed by atoms with Gasteiger partial charge in [0.15, 0.2) is 0 Å². The molecule has 0 radical (unpaired) electrons. The zero-order chi connectivity index (χ0) is 11.7. The molecule has 2 unspecified atom stereocenters. The van der Waals surface area contributed by atoms with Crippen LogP contribution in [0.25, 0.3) is 0 Å². The quantitative estimate of drug-likeness (QED) is 0.702. The Labute approximate surface area is 95.1 Å². The first kappa shape index (κ1) is 11.3. The summed E-state index contributed by atoms with van der Waals surface area (Å²) in [7, 11) is 4.15. The third-order valence-corrected chi connectivity index (χ3v) is 3.18. The summed E-state index contributed by atoms with van der Waals surface area (Å²) < 4.78 is 13.0. The molecule has 1 aromatic rings. The maximum atomic E-state index is 13.0. The first-order chi connectivity index (χ1) is 7.58. The smallest absolute Gasteiger partial charge is 0.218 e. The van der Waals surface area contributed by atoms with Crippen LogP contribution in [0.15, 0.2) is 12.4 Å². The molecule has 2 rings (SSSR count). The van der Waals surface area contributed by atoms with Crippen molar-refractivity contribution in [1.29, 1.82) is 0 Å². The minimum atomic E-state index is -0.467. The summed E-state index contributed by atoms with van der Waals surface area (Å²) in [5.41, 5.74) is 0. The fraction of sp³-hybridized carbons (Fsp3) is 0.636. The topological polar surface area (TPSA) is 32.3 Å². The second-order valence-corrected chi connectivity index (χ2v) is 4.61. The minimum absolute atomic E-state index is 0.467. The van der Waals surface area contributed by atoms with Gasteiger partial charge in [0.1, 0.15) is 12.1 Å². The number of hydrogen-bond acceptors (Lipinski definition) is 4. The van der Waals surface area contributed by atoms with Gasteiger partial charge in [-0.3, -0.25) is 0 Å². The van der Waals surface area contributed by atoms with E-state index in [2.05, 4.69) is 40.8 Å². The lowest BCUT2D eigenvalue weighted by atomic mass is 10.1. The summed E-state index contributed by atoms with van der Waals surface area (Å²) in [5.74, 6) is 0.780. The molecule has 0 aromatic carbocycles. The lowest BCUT2D eigenvalue weighted by Crippen LogP contribution is -2.34. The van der Waals surface area contributed by atoms with Gasteiger partial charge < -0.3 is 9.80 Å². The van der Waals surface area contributed by atoms with Crippen molar-refractivity contribution in [2.75, 3.05) is 32.1 Å². The van der Waals surface area contributed by atoms with Gasteiger partial charge >= 0.3 is 0 Å². The molecular weight excluding hydrogens is 207 g/mol. The molecule has 0 aliphatic carbocycles. The highest BCUT2D eigenvalue weighted by molar-refractivity contribution is 5.39. The van der Waals surface area contributed by atoms with Gasteiger partial charge in [-0.2, -0.15) is 4.39 Å². The van der Waals surface area contributed by atoms with E-state index in [1.54, 1.807) is 0 Å². The van der Waals surface area contributed by atoms with Gasteiger partial charge in [0, 0.05) is 25.2 Å². The highest BCUT2D eigenvalue weighted by Gasteiger charge is 2.31. The summed E-state index contributed by atoms with van der Waals surface area (Å²) >= 11 is 0. The average molecular weight is 224 g/mol. The van der Waals surface area contributed by atoms with Crippen LogP contribution in [0.4, 0.5) is 10.2 Å². The van der Waals surface area contributed by atoms with E-state index in [0.717, 1.165) is 13.1 Å². The SMILES string of the molecule is CC1CN(c2cc(F)ncn2)CC1N(C)C. The fourth-order valence-corrected chi connectivity index (χ4v) is 2.31. The molecule has 2 atom stereocenters. The Morgan fingerprint density at radius 1 is 1.38 bits per heavy atom. The fourth-order valence-electron chi connectivity index (χ4n) is 2.31. The molecule has 1 saturated heterocycles. The summed E-state index contributed by atoms with van der Waals surface area (Å²) in [5, 5.41) is 0. The third-order valence-electron chi connectivity index (χ3n) is 3.18. The van der Waals surface area contributed by atoms with Crippen LogP contribution < -0.4 is 4.90 Å². The molecule has 2 heterocycles. The van der Waals surface area contributed by atoms with E-state index >= 15 is 0 Å². The molecule has 1 aliphatic heterocycles. The summed E-state index contributed by atoms with van der Waals surface area (Å²) in [6.45, 7) is 4.02. The van der Waals surface area contributed by atoms with Crippen LogP contribution in [-0.4, -0.2) is 48.1 Å². The molecule has 88 valence electrons. The number of halogens is 1. The number of nitrogens with zero attached hydrogens (tertiary/aromatic N) is 4. The predicted octanol–water partition coefficient (Wildman–Crippen LogP) is 1.00. The molecule has 4 nitrogen and oxygen atoms in total. The molecule has 1 aromatic heterocycles. The Bertz CT molecular complexity index is 369. The number of aromatic nitrogens is 2. The number of hydrogen-bond donors (Lipinski definition) is 0. The molecule has 0 amide bonds. The highest BCUT2D eigenvalue weighted by atomic mass is 19.1. The maximum absolute atomic E-state index is 13.0. The second kappa shape index (κ2) is 4.33. The standard InChI is InChI=1S/C11H17FN4/c1-8-5-16(6-9(8)15(2)3)11-4-10(12)13-7-14-11/h4,7-9H,5-6H2,1-3H3. The monoisotopic (exact) mass is 224 g/mol. The van der Waals surface area contributed by atoms with Gasteiger partial charge in [-0.25, -0.2) is 9.97 Å². The van der Waals surface area contributed by atoms with Crippen molar-refractivity contribution in [1.82, 2.24) is 14.9 Å². The Kier molecular flexibility index (Phi) is 3.05. The van der Waals surface area contributed by atoms with Crippen molar-refractivity contribution >= 4 is 5.82 Å². The summed E-state index contributed by atoms with van der Waals surface area (Å²) in [6, 6.07) is 1.89. The van der Waals surface area contributed by atoms with Crippen molar-refractivity contribution < 1.29 is 4.39 Å². The minimum Gasteiger partial charge on any atom is -0.355 e. The number of rotatable bonds is 2. The van der Waals surface area contributed by atoms with Crippen molar-refractivity contribution in [3.8, 4) is 0 Å². The normalized spacial score (nSPS) is 25.4. The zero-order valence-electron chi connectivity index (χ0n) is 9.89. The van der Waals surface area contributed by atoms with Crippen LogP contribution in [0.2, 0.25) is 0 Å². The van der Waals surface area contributed by atoms with Crippen LogP contribution in [0.3, 0.4) is 0 Å². The van der Waals surface area contributed by atoms with Crippen LogP contribution in [0.1, 0.15) is 6.92 Å². The Hall–Kier alpha value is -1.23. The van der Waals surface area contributed by atoms with Gasteiger partial charge in [0.05, 0.1) is 0 Å². The average Bonchev–Trinajstić information content (AvgIpc) is 2.60. The van der Waals surface area contributed by atoms with Crippen molar-refractivity contribution in [2.45, 2.75) is 13.0 Å². The molecule has 5 heteroatoms. The van der Waals surface area contributed by atoms with E-state index < -0.39 is 5.95 Å². The van der Waals surface area contributed by atoms with Gasteiger partial charge in [-0.15, -0.1) is 0 Å². The molecular formula is C11H17FN4. The summed E-state index contributed by atoms with van der Waals surface area (Å²) in [4.78, 5) is 11.9. The van der Waals surface area contributed by atoms with Gasteiger partial charge in [-0.05, 0) is 20.0 Å². The molecule has 16 heavy (non-hydrogen) atoms. The van der Waals surface area contributed by atoms with E-state index in [1.807, 2.05) is 0 Å². The lowest BCUT2D eigenvalue weighted by Gasteiger charge is -2.22. The van der Waals surface area contributed by atoms with Crippen LogP contribution >= 0.6 is 0 Å². The van der Waals surface area contributed by atoms with Crippen LogP contribution in [0.5, 0.6) is 0 Å². The maximum Gasteiger partial charge on any atom is 0.218 e. The molecule has 1 aliphatic rings. The molecule has 0 N–H and O–H groups in total. The highest BCUT2D eigenvalue weighted by Crippen LogP contribution is 2.24. The van der Waals surface area contributed by atoms with Crippen molar-refractivity contribution in [2.24, 2.45) is 5.92 Å². The van der Waals surface area contributed by atoms with Crippen molar-refractivity contribution in [3.05, 3.63) is 18.3 Å². The molecule has 0 bridgehead atoms. The molecule has 0 saturated carbocycles. The van der Waals surface area contributed by atoms with Gasteiger partial charge in [0.2, 0.25) is 5.95 Å². The van der Waals surface area contributed by atoms with Gasteiger partial charge in [-0.1, -0.05) is 6.92 Å².